The highest BCUT2D eigenvalue weighted by molar-refractivity contribution is 5.52. The summed E-state index contributed by atoms with van der Waals surface area (Å²) < 4.78 is 6.29. The molecule has 0 heterocycles. The Balaban J connectivity index is 2.56. The summed E-state index contributed by atoms with van der Waals surface area (Å²) in [6.45, 7) is 14.9. The molecular weight excluding hydrogens is 244 g/mol. The minimum absolute atomic E-state index is 0.971. The molecule has 0 aliphatic rings. The molecule has 0 saturated heterocycles. The van der Waals surface area contributed by atoms with Crippen LogP contribution in [-0.2, 0) is 0 Å². The summed E-state index contributed by atoms with van der Waals surface area (Å²) >= 11 is 0. The van der Waals surface area contributed by atoms with Crippen LogP contribution in [0.2, 0.25) is 0 Å². The van der Waals surface area contributed by atoms with E-state index in [1.165, 1.54) is 38.9 Å². The second-order valence-corrected chi connectivity index (χ2v) is 5.90. The van der Waals surface area contributed by atoms with E-state index in [0.717, 1.165) is 11.5 Å². The van der Waals surface area contributed by atoms with Gasteiger partial charge in [-0.15, -0.1) is 0 Å². The monoisotopic (exact) mass is 268 g/mol. The summed E-state index contributed by atoms with van der Waals surface area (Å²) in [4.78, 5) is 0. The molecule has 0 saturated carbocycles. The lowest BCUT2D eigenvalue weighted by Crippen LogP contribution is -1.98. The van der Waals surface area contributed by atoms with Gasteiger partial charge in [-0.2, -0.15) is 0 Å². The lowest BCUT2D eigenvalue weighted by atomic mass is 10.00. The zero-order chi connectivity index (χ0) is 15.0. The standard InChI is InChI=1S/C19H24O/c1-11-8-12(2)15(5)18(9-11)20-19-16(6)13(3)10-14(4)17(19)7/h8-10H,1-7H3. The summed E-state index contributed by atoms with van der Waals surface area (Å²) in [6, 6.07) is 6.55. The van der Waals surface area contributed by atoms with Crippen molar-refractivity contribution in [1.29, 1.82) is 0 Å². The van der Waals surface area contributed by atoms with E-state index in [1.54, 1.807) is 0 Å². The van der Waals surface area contributed by atoms with Crippen molar-refractivity contribution in [2.24, 2.45) is 0 Å². The smallest absolute Gasteiger partial charge is 0.133 e. The predicted octanol–water partition coefficient (Wildman–Crippen LogP) is 5.64. The summed E-state index contributed by atoms with van der Waals surface area (Å²) in [7, 11) is 0. The Morgan fingerprint density at radius 3 is 1.65 bits per heavy atom. The van der Waals surface area contributed by atoms with Crippen LogP contribution in [0, 0.1) is 48.5 Å². The minimum atomic E-state index is 0.971. The first-order valence-corrected chi connectivity index (χ1v) is 7.14. The molecular formula is C19H24O. The zero-order valence-corrected chi connectivity index (χ0v) is 13.6. The van der Waals surface area contributed by atoms with Crippen molar-refractivity contribution in [3.63, 3.8) is 0 Å². The number of hydrogen-bond donors (Lipinski definition) is 0. The van der Waals surface area contributed by atoms with E-state index in [2.05, 4.69) is 66.7 Å². The molecule has 0 aliphatic carbocycles. The Bertz CT molecular complexity index is 640. The normalized spacial score (nSPS) is 10.8. The third-order valence-corrected chi connectivity index (χ3v) is 4.27. The quantitative estimate of drug-likeness (QED) is 0.685. The van der Waals surface area contributed by atoms with E-state index in [4.69, 9.17) is 4.74 Å². The molecule has 0 aromatic heterocycles. The molecule has 0 unspecified atom stereocenters. The first-order valence-electron chi connectivity index (χ1n) is 7.14. The molecule has 20 heavy (non-hydrogen) atoms. The van der Waals surface area contributed by atoms with Crippen molar-refractivity contribution in [1.82, 2.24) is 0 Å². The maximum absolute atomic E-state index is 6.29. The van der Waals surface area contributed by atoms with Crippen LogP contribution in [0.5, 0.6) is 11.5 Å². The van der Waals surface area contributed by atoms with E-state index in [0.29, 0.717) is 0 Å². The second-order valence-electron chi connectivity index (χ2n) is 5.90. The van der Waals surface area contributed by atoms with Crippen molar-refractivity contribution in [3.8, 4) is 11.5 Å². The van der Waals surface area contributed by atoms with E-state index in [9.17, 15) is 0 Å². The Kier molecular flexibility index (Phi) is 3.89. The van der Waals surface area contributed by atoms with Gasteiger partial charge in [0.1, 0.15) is 11.5 Å². The maximum atomic E-state index is 6.29. The van der Waals surface area contributed by atoms with Crippen LogP contribution >= 0.6 is 0 Å². The molecule has 0 spiro atoms. The average Bonchev–Trinajstić information content (AvgIpc) is 2.37. The molecule has 2 rings (SSSR count). The summed E-state index contributed by atoms with van der Waals surface area (Å²) in [5.74, 6) is 1.98. The van der Waals surface area contributed by atoms with Crippen LogP contribution in [-0.4, -0.2) is 0 Å². The van der Waals surface area contributed by atoms with Gasteiger partial charge < -0.3 is 4.74 Å². The van der Waals surface area contributed by atoms with E-state index in [-0.39, 0.29) is 0 Å². The fourth-order valence-electron chi connectivity index (χ4n) is 2.55. The second kappa shape index (κ2) is 5.32. The number of benzene rings is 2. The van der Waals surface area contributed by atoms with Crippen LogP contribution in [0.25, 0.3) is 0 Å². The Morgan fingerprint density at radius 1 is 0.600 bits per heavy atom. The first-order chi connectivity index (χ1) is 9.31. The fraction of sp³-hybridized carbons (Fsp3) is 0.368. The average molecular weight is 268 g/mol. The molecule has 1 heteroatoms. The summed E-state index contributed by atoms with van der Waals surface area (Å²) in [5, 5.41) is 0. The van der Waals surface area contributed by atoms with Gasteiger partial charge in [0.2, 0.25) is 0 Å². The van der Waals surface area contributed by atoms with E-state index >= 15 is 0 Å². The van der Waals surface area contributed by atoms with E-state index in [1.807, 2.05) is 0 Å². The van der Waals surface area contributed by atoms with Gasteiger partial charge in [-0.25, -0.2) is 0 Å². The van der Waals surface area contributed by atoms with Crippen LogP contribution in [0.15, 0.2) is 18.2 Å². The number of aryl methyl sites for hydroxylation is 4. The molecule has 0 radical (unpaired) electrons. The molecule has 2 aromatic rings. The predicted molar refractivity (Wildman–Crippen MR) is 86.1 cm³/mol. The number of rotatable bonds is 2. The zero-order valence-electron chi connectivity index (χ0n) is 13.6. The summed E-state index contributed by atoms with van der Waals surface area (Å²) in [5.41, 5.74) is 8.75. The van der Waals surface area contributed by atoms with Crippen LogP contribution in [0.3, 0.4) is 0 Å². The van der Waals surface area contributed by atoms with Crippen LogP contribution in [0.1, 0.15) is 38.9 Å². The lowest BCUT2D eigenvalue weighted by Gasteiger charge is -2.18. The van der Waals surface area contributed by atoms with Crippen molar-refractivity contribution < 1.29 is 4.74 Å². The Morgan fingerprint density at radius 2 is 1.10 bits per heavy atom. The highest BCUT2D eigenvalue weighted by Crippen LogP contribution is 2.35. The molecule has 1 nitrogen and oxygen atoms in total. The Hall–Kier alpha value is -1.76. The van der Waals surface area contributed by atoms with Gasteiger partial charge in [-0.05, 0) is 93.5 Å². The maximum Gasteiger partial charge on any atom is 0.133 e. The van der Waals surface area contributed by atoms with Crippen molar-refractivity contribution in [2.45, 2.75) is 48.5 Å². The number of ether oxygens (including phenoxy) is 1. The van der Waals surface area contributed by atoms with Gasteiger partial charge in [0, 0.05) is 0 Å². The SMILES string of the molecule is Cc1cc(C)c(C)c(Oc2c(C)c(C)cc(C)c2C)c1. The lowest BCUT2D eigenvalue weighted by molar-refractivity contribution is 0.469. The van der Waals surface area contributed by atoms with Gasteiger partial charge in [0.15, 0.2) is 0 Å². The molecule has 2 aromatic carbocycles. The summed E-state index contributed by atoms with van der Waals surface area (Å²) in [6.07, 6.45) is 0. The molecule has 0 fully saturated rings. The molecule has 0 bridgehead atoms. The molecule has 0 atom stereocenters. The third-order valence-electron chi connectivity index (χ3n) is 4.27. The fourth-order valence-corrected chi connectivity index (χ4v) is 2.55. The van der Waals surface area contributed by atoms with Gasteiger partial charge in [0.05, 0.1) is 0 Å². The van der Waals surface area contributed by atoms with Crippen molar-refractivity contribution >= 4 is 0 Å². The van der Waals surface area contributed by atoms with Gasteiger partial charge in [-0.3, -0.25) is 0 Å². The Labute approximate surface area is 122 Å². The molecule has 0 N–H and O–H groups in total. The minimum Gasteiger partial charge on any atom is -0.457 e. The molecule has 0 aliphatic heterocycles. The largest absolute Gasteiger partial charge is 0.457 e. The van der Waals surface area contributed by atoms with Gasteiger partial charge in [-0.1, -0.05) is 12.1 Å². The first kappa shape index (κ1) is 14.6. The number of hydrogen-bond acceptors (Lipinski definition) is 1. The van der Waals surface area contributed by atoms with Crippen molar-refractivity contribution in [3.05, 3.63) is 57.1 Å². The third kappa shape index (κ3) is 2.58. The topological polar surface area (TPSA) is 9.23 Å². The van der Waals surface area contributed by atoms with Crippen LogP contribution in [0.4, 0.5) is 0 Å². The van der Waals surface area contributed by atoms with Crippen molar-refractivity contribution in [2.75, 3.05) is 0 Å². The van der Waals surface area contributed by atoms with E-state index < -0.39 is 0 Å². The molecule has 106 valence electrons. The highest BCUT2D eigenvalue weighted by atomic mass is 16.5. The van der Waals surface area contributed by atoms with Gasteiger partial charge in [0.25, 0.3) is 0 Å². The highest BCUT2D eigenvalue weighted by Gasteiger charge is 2.12. The van der Waals surface area contributed by atoms with Crippen LogP contribution < -0.4 is 4.74 Å². The molecule has 0 amide bonds. The van der Waals surface area contributed by atoms with Gasteiger partial charge >= 0.3 is 0 Å².